The summed E-state index contributed by atoms with van der Waals surface area (Å²) in [7, 11) is 0. The van der Waals surface area contributed by atoms with Crippen LogP contribution in [0.4, 0.5) is 5.69 Å². The summed E-state index contributed by atoms with van der Waals surface area (Å²) in [6.45, 7) is 7.88. The molecule has 0 bridgehead atoms. The van der Waals surface area contributed by atoms with Crippen molar-refractivity contribution in [2.45, 2.75) is 53.5 Å². The zero-order valence-corrected chi connectivity index (χ0v) is 22.6. The summed E-state index contributed by atoms with van der Waals surface area (Å²) in [5, 5.41) is 15.5. The number of pyridine rings is 1. The largest absolute Gasteiger partial charge is 0.481 e. The van der Waals surface area contributed by atoms with Gasteiger partial charge in [-0.1, -0.05) is 18.2 Å². The Morgan fingerprint density at radius 1 is 1.13 bits per heavy atom. The zero-order valence-electron chi connectivity index (χ0n) is 21.8. The van der Waals surface area contributed by atoms with Crippen LogP contribution in [-0.2, 0) is 20.9 Å². The van der Waals surface area contributed by atoms with Gasteiger partial charge in [-0.25, -0.2) is 4.98 Å². The third-order valence-electron chi connectivity index (χ3n) is 6.21. The summed E-state index contributed by atoms with van der Waals surface area (Å²) in [6, 6.07) is 7.71. The molecule has 0 fully saturated rings. The van der Waals surface area contributed by atoms with Crippen LogP contribution in [0.2, 0.25) is 0 Å². The highest BCUT2D eigenvalue weighted by atomic mass is 35.5. The molecule has 204 valence electrons. The Bertz CT molecular complexity index is 1320. The van der Waals surface area contributed by atoms with Gasteiger partial charge < -0.3 is 19.6 Å². The van der Waals surface area contributed by atoms with Crippen molar-refractivity contribution in [1.82, 2.24) is 14.4 Å². The first-order chi connectivity index (χ1) is 17.6. The smallest absolute Gasteiger partial charge is 0.305 e. The van der Waals surface area contributed by atoms with Crippen molar-refractivity contribution in [3.8, 4) is 0 Å². The number of esters is 1. The highest BCUT2D eigenvalue weighted by Crippen LogP contribution is 2.24. The van der Waals surface area contributed by atoms with Crippen molar-refractivity contribution in [2.75, 3.05) is 18.5 Å². The molecule has 1 aromatic carbocycles. The van der Waals surface area contributed by atoms with Gasteiger partial charge in [0.15, 0.2) is 5.65 Å². The molecule has 0 saturated heterocycles. The topological polar surface area (TPSA) is 143 Å². The molecule has 0 spiro atoms. The Hall–Kier alpha value is -3.99. The lowest BCUT2D eigenvalue weighted by atomic mass is 10.0. The third kappa shape index (κ3) is 7.28. The van der Waals surface area contributed by atoms with Crippen molar-refractivity contribution in [2.24, 2.45) is 5.29 Å². The van der Waals surface area contributed by atoms with E-state index in [0.29, 0.717) is 22.9 Å². The molecule has 0 aliphatic rings. The van der Waals surface area contributed by atoms with E-state index in [4.69, 9.17) is 9.84 Å². The van der Waals surface area contributed by atoms with Crippen LogP contribution in [0.25, 0.3) is 5.65 Å². The van der Waals surface area contributed by atoms with E-state index in [9.17, 15) is 19.3 Å². The van der Waals surface area contributed by atoms with Gasteiger partial charge >= 0.3 is 11.9 Å². The first-order valence-corrected chi connectivity index (χ1v) is 11.9. The predicted molar refractivity (Wildman–Crippen MR) is 144 cm³/mol. The van der Waals surface area contributed by atoms with Gasteiger partial charge in [-0.05, 0) is 56.9 Å². The van der Waals surface area contributed by atoms with E-state index in [-0.39, 0.29) is 50.4 Å². The lowest BCUT2D eigenvalue weighted by molar-refractivity contribution is -0.144. The maximum Gasteiger partial charge on any atom is 0.305 e. The number of benzene rings is 1. The van der Waals surface area contributed by atoms with E-state index < -0.39 is 17.8 Å². The number of fused-ring (bicyclic) bond motifs is 1. The number of amides is 1. The third-order valence-corrected chi connectivity index (χ3v) is 6.21. The number of rotatable bonds is 12. The molecule has 0 aliphatic carbocycles. The first kappa shape index (κ1) is 30.2. The second-order valence-electron chi connectivity index (χ2n) is 8.82. The highest BCUT2D eigenvalue weighted by molar-refractivity contribution is 5.96. The summed E-state index contributed by atoms with van der Waals surface area (Å²) in [6.07, 6.45) is 1.53. The lowest BCUT2D eigenvalue weighted by Gasteiger charge is -2.16. The van der Waals surface area contributed by atoms with Crippen LogP contribution < -0.4 is 5.32 Å². The molecule has 2 N–H and O–H groups in total. The number of nitrogens with one attached hydrogen (secondary N) is 1. The highest BCUT2D eigenvalue weighted by Gasteiger charge is 2.21. The van der Waals surface area contributed by atoms with E-state index in [1.165, 1.54) is 0 Å². The number of aryl methyl sites for hydroxylation is 4. The number of imidazole rings is 1. The number of nitroso groups, excluding NO2 is 1. The average Bonchev–Trinajstić information content (AvgIpc) is 3.14. The summed E-state index contributed by atoms with van der Waals surface area (Å²) in [5.74, 6) is -2.26. The first-order valence-electron chi connectivity index (χ1n) is 11.9. The van der Waals surface area contributed by atoms with Crippen molar-refractivity contribution in [1.29, 1.82) is 0 Å². The molecule has 3 aromatic rings. The molecule has 0 aliphatic heterocycles. The fourth-order valence-electron chi connectivity index (χ4n) is 3.96. The molecule has 0 atom stereocenters. The standard InChI is InChI=1S/C26H31N5O6.ClH/c1-16-7-5-8-17(2)21(16)14-27-22-13-20(15-30-19(4)18(3)28-25(22)30)26(35)31(29-36)11-12-37-24(34)10-6-9-23(32)33;/h5,7-8,13,15,27H,6,9-12,14H2,1-4H3,(H,32,33);1H. The molecule has 11 nitrogen and oxygen atoms in total. The number of halogens is 1. The fourth-order valence-corrected chi connectivity index (χ4v) is 3.96. The van der Waals surface area contributed by atoms with Crippen LogP contribution in [0, 0.1) is 32.6 Å². The van der Waals surface area contributed by atoms with E-state index in [0.717, 1.165) is 28.1 Å². The van der Waals surface area contributed by atoms with Crippen LogP contribution in [0.15, 0.2) is 35.7 Å². The molecule has 1 amide bonds. The number of ether oxygens (including phenoxy) is 1. The van der Waals surface area contributed by atoms with E-state index in [2.05, 4.69) is 15.6 Å². The Kier molecular flexibility index (Phi) is 10.8. The van der Waals surface area contributed by atoms with Crippen molar-refractivity contribution in [3.63, 3.8) is 0 Å². The minimum absolute atomic E-state index is 0. The van der Waals surface area contributed by atoms with E-state index in [1.54, 1.807) is 16.7 Å². The Balaban J connectivity index is 0.00000507. The summed E-state index contributed by atoms with van der Waals surface area (Å²) in [5.41, 5.74) is 6.56. The number of hydrogen-bond acceptors (Lipinski definition) is 8. The van der Waals surface area contributed by atoms with Gasteiger partial charge in [0.1, 0.15) is 6.61 Å². The summed E-state index contributed by atoms with van der Waals surface area (Å²) >= 11 is 0. The number of nitrogens with zero attached hydrogens (tertiary/aromatic N) is 4. The monoisotopic (exact) mass is 545 g/mol. The second-order valence-corrected chi connectivity index (χ2v) is 8.82. The molecule has 38 heavy (non-hydrogen) atoms. The van der Waals surface area contributed by atoms with Crippen LogP contribution in [0.5, 0.6) is 0 Å². The lowest BCUT2D eigenvalue weighted by Crippen LogP contribution is -2.30. The van der Waals surface area contributed by atoms with Gasteiger partial charge in [0.05, 0.1) is 28.8 Å². The Morgan fingerprint density at radius 3 is 2.45 bits per heavy atom. The molecule has 12 heteroatoms. The van der Waals surface area contributed by atoms with Crippen molar-refractivity contribution < 1.29 is 24.2 Å². The van der Waals surface area contributed by atoms with Gasteiger partial charge in [0.2, 0.25) is 0 Å². The van der Waals surface area contributed by atoms with Crippen LogP contribution in [0.3, 0.4) is 0 Å². The van der Waals surface area contributed by atoms with Gasteiger partial charge in [0, 0.05) is 31.3 Å². The number of carboxylic acid groups (broad SMARTS) is 1. The maximum absolute atomic E-state index is 13.2. The van der Waals surface area contributed by atoms with Crippen LogP contribution >= 0.6 is 12.4 Å². The second kappa shape index (κ2) is 13.5. The molecule has 2 heterocycles. The van der Waals surface area contributed by atoms with Crippen LogP contribution in [-0.4, -0.2) is 50.5 Å². The van der Waals surface area contributed by atoms with Gasteiger partial charge in [-0.2, -0.15) is 5.01 Å². The number of hydrogen-bond donors (Lipinski definition) is 2. The number of carbonyl (C=O) groups is 3. The van der Waals surface area contributed by atoms with Gasteiger partial charge in [0.25, 0.3) is 5.91 Å². The van der Waals surface area contributed by atoms with Crippen molar-refractivity contribution >= 4 is 41.6 Å². The maximum atomic E-state index is 13.2. The Labute approximate surface area is 226 Å². The minimum atomic E-state index is -1.00. The average molecular weight is 546 g/mol. The minimum Gasteiger partial charge on any atom is -0.481 e. The molecule has 3 rings (SSSR count). The molecule has 0 unspecified atom stereocenters. The number of anilines is 1. The molecule has 2 aromatic heterocycles. The van der Waals surface area contributed by atoms with Gasteiger partial charge in [-0.15, -0.1) is 17.3 Å². The predicted octanol–water partition coefficient (Wildman–Crippen LogP) is 4.52. The van der Waals surface area contributed by atoms with Crippen LogP contribution in [0.1, 0.15) is 57.7 Å². The zero-order chi connectivity index (χ0) is 27.1. The summed E-state index contributed by atoms with van der Waals surface area (Å²) < 4.78 is 6.81. The molecular formula is C26H32ClN5O6. The van der Waals surface area contributed by atoms with Crippen molar-refractivity contribution in [3.05, 3.63) is 69.0 Å². The van der Waals surface area contributed by atoms with Gasteiger partial charge in [-0.3, -0.25) is 14.4 Å². The quantitative estimate of drug-likeness (QED) is 0.192. The summed E-state index contributed by atoms with van der Waals surface area (Å²) in [4.78, 5) is 51.6. The fraction of sp³-hybridized carbons (Fsp3) is 0.385. The number of carboxylic acids is 1. The number of carbonyl (C=O) groups excluding carboxylic acids is 2. The number of aromatic nitrogens is 2. The van der Waals surface area contributed by atoms with E-state index in [1.807, 2.05) is 45.9 Å². The molecule has 0 saturated carbocycles. The van der Waals surface area contributed by atoms with E-state index >= 15 is 0 Å². The number of aliphatic carboxylic acids is 1. The molecule has 0 radical (unpaired) electrons. The normalized spacial score (nSPS) is 10.5. The molecular weight excluding hydrogens is 514 g/mol. The Morgan fingerprint density at radius 2 is 1.82 bits per heavy atom. The SMILES string of the molecule is Cc1cccc(C)c1CNc1cc(C(=O)N(CCOC(=O)CCCC(=O)O)N=O)cn2c(C)c(C)nc12.Cl.